The molecule has 0 saturated carbocycles. The molecule has 0 bridgehead atoms. The van der Waals surface area contributed by atoms with Gasteiger partial charge < -0.3 is 4.84 Å². The third kappa shape index (κ3) is 6.98. The molecule has 0 spiro atoms. The van der Waals surface area contributed by atoms with Crippen molar-refractivity contribution in [3.8, 4) is 0 Å². The van der Waals surface area contributed by atoms with Crippen LogP contribution in [-0.2, 0) is 14.5 Å². The van der Waals surface area contributed by atoms with Crippen molar-refractivity contribution in [2.45, 2.75) is 33.1 Å². The van der Waals surface area contributed by atoms with E-state index in [1.165, 1.54) is 0 Å². The van der Waals surface area contributed by atoms with E-state index in [0.717, 1.165) is 12.8 Å². The highest BCUT2D eigenvalue weighted by Crippen LogP contribution is 1.92. The lowest BCUT2D eigenvalue weighted by Crippen LogP contribution is -1.97. The van der Waals surface area contributed by atoms with E-state index in [0.29, 0.717) is 13.0 Å². The lowest BCUT2D eigenvalue weighted by Gasteiger charge is -1.93. The third-order valence-electron chi connectivity index (χ3n) is 0.983. The van der Waals surface area contributed by atoms with Crippen LogP contribution < -0.4 is 0 Å². The van der Waals surface area contributed by atoms with Gasteiger partial charge in [-0.2, -0.15) is 0 Å². The van der Waals surface area contributed by atoms with Crippen molar-refractivity contribution in [2.24, 2.45) is 10.6 Å². The standard InChI is InChI=1S/C7H14N2O3/c1-3-5-7(10)12-9-8-11-6-4-2/h3-6H2,1-2H3. The lowest BCUT2D eigenvalue weighted by atomic mass is 10.3. The molecule has 0 amide bonds. The third-order valence-corrected chi connectivity index (χ3v) is 0.983. The SMILES string of the molecule is CCCON=NOC(=O)CCC. The second-order valence-corrected chi connectivity index (χ2v) is 2.21. The number of rotatable bonds is 6. The van der Waals surface area contributed by atoms with E-state index >= 15 is 0 Å². The summed E-state index contributed by atoms with van der Waals surface area (Å²) in [5, 5.41) is 6.25. The van der Waals surface area contributed by atoms with Gasteiger partial charge in [0.25, 0.3) is 0 Å². The molecule has 0 aliphatic heterocycles. The molecule has 0 aliphatic carbocycles. The average Bonchev–Trinajstić information content (AvgIpc) is 2.05. The van der Waals surface area contributed by atoms with Crippen LogP contribution in [0.25, 0.3) is 0 Å². The minimum Gasteiger partial charge on any atom is -0.377 e. The molecule has 0 rings (SSSR count). The summed E-state index contributed by atoms with van der Waals surface area (Å²) in [5.74, 6) is -0.388. The Labute approximate surface area is 71.7 Å². The molecule has 5 heteroatoms. The number of carbonyl (C=O) groups is 1. The Morgan fingerprint density at radius 1 is 1.25 bits per heavy atom. The van der Waals surface area contributed by atoms with Crippen molar-refractivity contribution in [2.75, 3.05) is 6.61 Å². The van der Waals surface area contributed by atoms with Crippen LogP contribution in [0.1, 0.15) is 33.1 Å². The van der Waals surface area contributed by atoms with Gasteiger partial charge in [0.15, 0.2) is 0 Å². The van der Waals surface area contributed by atoms with Crippen molar-refractivity contribution in [3.63, 3.8) is 0 Å². The average molecular weight is 174 g/mol. The summed E-state index contributed by atoms with van der Waals surface area (Å²) in [7, 11) is 0. The summed E-state index contributed by atoms with van der Waals surface area (Å²) in [6, 6.07) is 0. The van der Waals surface area contributed by atoms with Gasteiger partial charge in [-0.05, 0) is 12.8 Å². The predicted molar refractivity (Wildman–Crippen MR) is 42.1 cm³/mol. The minimum absolute atomic E-state index is 0.354. The minimum atomic E-state index is -0.388. The van der Waals surface area contributed by atoms with Gasteiger partial charge in [0.05, 0.1) is 10.6 Å². The van der Waals surface area contributed by atoms with Crippen LogP contribution >= 0.6 is 0 Å². The normalized spacial score (nSPS) is 10.2. The summed E-state index contributed by atoms with van der Waals surface area (Å²) in [6.45, 7) is 4.30. The van der Waals surface area contributed by atoms with Crippen molar-refractivity contribution >= 4 is 5.97 Å². The quantitative estimate of drug-likeness (QED) is 0.351. The molecule has 12 heavy (non-hydrogen) atoms. The molecule has 5 nitrogen and oxygen atoms in total. The summed E-state index contributed by atoms with van der Waals surface area (Å²) >= 11 is 0. The molecule has 0 aromatic heterocycles. The first-order chi connectivity index (χ1) is 5.81. The van der Waals surface area contributed by atoms with E-state index in [1.807, 2.05) is 13.8 Å². The van der Waals surface area contributed by atoms with Crippen molar-refractivity contribution in [1.82, 2.24) is 0 Å². The maximum atomic E-state index is 10.6. The fourth-order valence-electron chi connectivity index (χ4n) is 0.468. The summed E-state index contributed by atoms with van der Waals surface area (Å²) < 4.78 is 0. The van der Waals surface area contributed by atoms with E-state index in [-0.39, 0.29) is 5.97 Å². The Balaban J connectivity index is 3.27. The van der Waals surface area contributed by atoms with E-state index in [4.69, 9.17) is 0 Å². The molecule has 70 valence electrons. The summed E-state index contributed by atoms with van der Waals surface area (Å²) in [5.41, 5.74) is 0. The zero-order chi connectivity index (χ0) is 9.23. The van der Waals surface area contributed by atoms with Gasteiger partial charge in [-0.3, -0.25) is 4.84 Å². The second-order valence-electron chi connectivity index (χ2n) is 2.21. The molecule has 0 aliphatic rings. The van der Waals surface area contributed by atoms with E-state index in [2.05, 4.69) is 20.2 Å². The maximum absolute atomic E-state index is 10.6. The molecular formula is C7H14N2O3. The van der Waals surface area contributed by atoms with Gasteiger partial charge in [0.2, 0.25) is 0 Å². The zero-order valence-electron chi connectivity index (χ0n) is 7.45. The highest BCUT2D eigenvalue weighted by Gasteiger charge is 1.98. The van der Waals surface area contributed by atoms with Crippen LogP contribution in [-0.4, -0.2) is 12.6 Å². The van der Waals surface area contributed by atoms with Crippen LogP contribution in [0.3, 0.4) is 0 Å². The molecule has 0 fully saturated rings. The Morgan fingerprint density at radius 2 is 2.00 bits per heavy atom. The molecule has 0 atom stereocenters. The molecule has 0 radical (unpaired) electrons. The van der Waals surface area contributed by atoms with Crippen LogP contribution in [0.2, 0.25) is 0 Å². The Morgan fingerprint density at radius 3 is 2.58 bits per heavy atom. The summed E-state index contributed by atoms with van der Waals surface area (Å²) in [4.78, 5) is 19.6. The fraction of sp³-hybridized carbons (Fsp3) is 0.857. The summed E-state index contributed by atoms with van der Waals surface area (Å²) in [6.07, 6.45) is 1.94. The van der Waals surface area contributed by atoms with Gasteiger partial charge in [0, 0.05) is 6.42 Å². The first kappa shape index (κ1) is 10.9. The maximum Gasteiger partial charge on any atom is 0.337 e. The van der Waals surface area contributed by atoms with Gasteiger partial charge in [-0.1, -0.05) is 13.8 Å². The van der Waals surface area contributed by atoms with E-state index < -0.39 is 0 Å². The molecule has 0 heterocycles. The number of nitrogens with zero attached hydrogens (tertiary/aromatic N) is 2. The Bertz CT molecular complexity index is 148. The van der Waals surface area contributed by atoms with Crippen molar-refractivity contribution in [3.05, 3.63) is 0 Å². The predicted octanol–water partition coefficient (Wildman–Crippen LogP) is 2.04. The molecule has 0 aromatic carbocycles. The zero-order valence-corrected chi connectivity index (χ0v) is 7.45. The lowest BCUT2D eigenvalue weighted by molar-refractivity contribution is -0.146. The van der Waals surface area contributed by atoms with Crippen molar-refractivity contribution in [1.29, 1.82) is 0 Å². The second kappa shape index (κ2) is 7.97. The van der Waals surface area contributed by atoms with Crippen molar-refractivity contribution < 1.29 is 14.5 Å². The first-order valence-electron chi connectivity index (χ1n) is 4.03. The topological polar surface area (TPSA) is 60.3 Å². The monoisotopic (exact) mass is 174 g/mol. The number of carbonyl (C=O) groups excluding carboxylic acids is 1. The number of hydrogen-bond donors (Lipinski definition) is 0. The first-order valence-corrected chi connectivity index (χ1v) is 4.03. The Kier molecular flexibility index (Phi) is 7.22. The number of hydrogen-bond acceptors (Lipinski definition) is 5. The van der Waals surface area contributed by atoms with Crippen LogP contribution in [0.5, 0.6) is 0 Å². The highest BCUT2D eigenvalue weighted by molar-refractivity contribution is 5.68. The van der Waals surface area contributed by atoms with E-state index in [1.54, 1.807) is 0 Å². The molecule has 0 N–H and O–H groups in total. The van der Waals surface area contributed by atoms with Gasteiger partial charge in [-0.25, -0.2) is 4.79 Å². The van der Waals surface area contributed by atoms with Gasteiger partial charge >= 0.3 is 5.97 Å². The largest absolute Gasteiger partial charge is 0.377 e. The van der Waals surface area contributed by atoms with Gasteiger partial charge in [0.1, 0.15) is 6.61 Å². The van der Waals surface area contributed by atoms with Gasteiger partial charge in [-0.15, -0.1) is 0 Å². The highest BCUT2D eigenvalue weighted by atomic mass is 16.7. The molecule has 0 saturated heterocycles. The Hall–Kier alpha value is -1.13. The van der Waals surface area contributed by atoms with Crippen LogP contribution in [0.4, 0.5) is 0 Å². The fourth-order valence-corrected chi connectivity index (χ4v) is 0.468. The van der Waals surface area contributed by atoms with Crippen LogP contribution in [0, 0.1) is 0 Å². The van der Waals surface area contributed by atoms with Crippen LogP contribution in [0.15, 0.2) is 10.6 Å². The molecule has 0 aromatic rings. The van der Waals surface area contributed by atoms with E-state index in [9.17, 15) is 4.79 Å². The molecular weight excluding hydrogens is 160 g/mol. The smallest absolute Gasteiger partial charge is 0.337 e. The molecule has 0 unspecified atom stereocenters.